The highest BCUT2D eigenvalue weighted by Gasteiger charge is 2.34. The molecule has 3 aromatic rings. The minimum Gasteiger partial charge on any atom is -0.340 e. The number of thiophene rings is 1. The Bertz CT molecular complexity index is 1230. The van der Waals surface area contributed by atoms with Crippen molar-refractivity contribution in [3.05, 3.63) is 52.5 Å². The van der Waals surface area contributed by atoms with Crippen molar-refractivity contribution in [2.45, 2.75) is 44.6 Å². The van der Waals surface area contributed by atoms with Gasteiger partial charge in [0, 0.05) is 41.2 Å². The van der Waals surface area contributed by atoms with Crippen molar-refractivity contribution in [1.82, 2.24) is 9.88 Å². The lowest BCUT2D eigenvalue weighted by Gasteiger charge is -2.34. The summed E-state index contributed by atoms with van der Waals surface area (Å²) in [4.78, 5) is 45.0. The van der Waals surface area contributed by atoms with E-state index in [1.54, 1.807) is 12.1 Å². The summed E-state index contributed by atoms with van der Waals surface area (Å²) >= 11 is 7.22. The molecule has 0 radical (unpaired) electrons. The van der Waals surface area contributed by atoms with Crippen LogP contribution in [0.1, 0.15) is 48.2 Å². The second kappa shape index (κ2) is 9.72. The van der Waals surface area contributed by atoms with E-state index in [2.05, 4.69) is 15.6 Å². The summed E-state index contributed by atoms with van der Waals surface area (Å²) in [6.07, 6.45) is 6.18. The summed E-state index contributed by atoms with van der Waals surface area (Å²) in [5.74, 6) is 0.0832. The number of nitrogens with one attached hydrogen (secondary N) is 2. The predicted octanol–water partition coefficient (Wildman–Crippen LogP) is 5.32. The van der Waals surface area contributed by atoms with Gasteiger partial charge in [-0.05, 0) is 50.3 Å². The molecule has 0 atom stereocenters. The van der Waals surface area contributed by atoms with Crippen molar-refractivity contribution >= 4 is 62.3 Å². The van der Waals surface area contributed by atoms with E-state index in [1.165, 1.54) is 17.5 Å². The highest BCUT2D eigenvalue weighted by molar-refractivity contribution is 7.21. The summed E-state index contributed by atoms with van der Waals surface area (Å²) in [6, 6.07) is 11.2. The Balaban J connectivity index is 1.32. The number of rotatable bonds is 5. The van der Waals surface area contributed by atoms with Crippen molar-refractivity contribution in [2.24, 2.45) is 5.92 Å². The quantitative estimate of drug-likeness (QED) is 0.500. The first-order valence-electron chi connectivity index (χ1n) is 11.5. The van der Waals surface area contributed by atoms with Crippen molar-refractivity contribution in [3.8, 4) is 0 Å². The fourth-order valence-corrected chi connectivity index (χ4v) is 6.05. The smallest absolute Gasteiger partial charge is 0.269 e. The van der Waals surface area contributed by atoms with E-state index in [1.807, 2.05) is 29.2 Å². The molecule has 9 heteroatoms. The molecule has 3 heterocycles. The lowest BCUT2D eigenvalue weighted by Crippen LogP contribution is -2.40. The van der Waals surface area contributed by atoms with Gasteiger partial charge in [0.1, 0.15) is 10.7 Å². The first kappa shape index (κ1) is 22.8. The number of fused-ring (bicyclic) bond motifs is 1. The first-order valence-corrected chi connectivity index (χ1v) is 12.7. The van der Waals surface area contributed by atoms with Crippen LogP contribution < -0.4 is 10.6 Å². The molecule has 3 amide bonds. The van der Waals surface area contributed by atoms with Gasteiger partial charge in [0.05, 0.1) is 10.7 Å². The van der Waals surface area contributed by atoms with Crippen LogP contribution in [-0.2, 0) is 9.59 Å². The molecule has 0 spiro atoms. The second-order valence-electron chi connectivity index (χ2n) is 8.80. The van der Waals surface area contributed by atoms with Crippen LogP contribution in [-0.4, -0.2) is 40.2 Å². The SMILES string of the molecule is O=C(Nc1ccc(Cl)cn1)c1sc2ccccc2c1NC(=O)C1CCC(N2CCCC2=O)CC1. The van der Waals surface area contributed by atoms with Crippen molar-refractivity contribution in [3.63, 3.8) is 0 Å². The molecule has 2 aliphatic rings. The molecule has 2 aromatic heterocycles. The maximum absolute atomic E-state index is 13.2. The third kappa shape index (κ3) is 4.65. The summed E-state index contributed by atoms with van der Waals surface area (Å²) < 4.78 is 0.920. The zero-order valence-corrected chi connectivity index (χ0v) is 20.1. The number of hydrogen-bond acceptors (Lipinski definition) is 5. The van der Waals surface area contributed by atoms with Gasteiger partial charge in [-0.25, -0.2) is 4.98 Å². The van der Waals surface area contributed by atoms with Crippen molar-refractivity contribution in [1.29, 1.82) is 0 Å². The molecule has 7 nitrogen and oxygen atoms in total. The predicted molar refractivity (Wildman–Crippen MR) is 134 cm³/mol. The van der Waals surface area contributed by atoms with E-state index in [9.17, 15) is 14.4 Å². The minimum absolute atomic E-state index is 0.0755. The number of pyridine rings is 1. The number of halogens is 1. The number of benzene rings is 1. The summed E-state index contributed by atoms with van der Waals surface area (Å²) in [7, 11) is 0. The van der Waals surface area contributed by atoms with E-state index < -0.39 is 0 Å². The monoisotopic (exact) mass is 496 g/mol. The number of likely N-dealkylation sites (tertiary alicyclic amines) is 1. The number of anilines is 2. The Morgan fingerprint density at radius 1 is 1.06 bits per heavy atom. The number of aromatic nitrogens is 1. The molecule has 1 aliphatic heterocycles. The van der Waals surface area contributed by atoms with E-state index in [-0.39, 0.29) is 29.7 Å². The average molecular weight is 497 g/mol. The van der Waals surface area contributed by atoms with Gasteiger partial charge in [0.15, 0.2) is 0 Å². The molecule has 176 valence electrons. The number of hydrogen-bond donors (Lipinski definition) is 2. The molecule has 1 aromatic carbocycles. The van der Waals surface area contributed by atoms with E-state index in [0.717, 1.165) is 48.7 Å². The molecule has 1 saturated carbocycles. The van der Waals surface area contributed by atoms with E-state index in [0.29, 0.717) is 27.8 Å². The number of carbonyl (C=O) groups excluding carboxylic acids is 3. The van der Waals surface area contributed by atoms with Crippen molar-refractivity contribution in [2.75, 3.05) is 17.2 Å². The summed E-state index contributed by atoms with van der Waals surface area (Å²) in [6.45, 7) is 0.836. The van der Waals surface area contributed by atoms with Crippen LogP contribution in [0, 0.1) is 5.92 Å². The van der Waals surface area contributed by atoms with Crippen molar-refractivity contribution < 1.29 is 14.4 Å². The maximum atomic E-state index is 13.2. The number of amides is 3. The average Bonchev–Trinajstić information content (AvgIpc) is 3.44. The van der Waals surface area contributed by atoms with Crippen LogP contribution in [0.5, 0.6) is 0 Å². The number of nitrogens with zero attached hydrogens (tertiary/aromatic N) is 2. The van der Waals surface area contributed by atoms with Gasteiger partial charge >= 0.3 is 0 Å². The van der Waals surface area contributed by atoms with Gasteiger partial charge in [-0.2, -0.15) is 0 Å². The van der Waals surface area contributed by atoms with Gasteiger partial charge < -0.3 is 15.5 Å². The fourth-order valence-electron chi connectivity index (χ4n) is 4.88. The normalized spacial score (nSPS) is 20.5. The lowest BCUT2D eigenvalue weighted by molar-refractivity contribution is -0.130. The van der Waals surface area contributed by atoms with Crippen LogP contribution in [0.25, 0.3) is 10.1 Å². The van der Waals surface area contributed by atoms with Gasteiger partial charge in [0.2, 0.25) is 11.8 Å². The standard InChI is InChI=1S/C25H25ClN4O3S/c26-16-9-12-20(27-14-16)28-25(33)23-22(18-4-1-2-5-19(18)34-23)29-24(32)15-7-10-17(11-8-15)30-13-3-6-21(30)31/h1-2,4-5,9,12,14-15,17H,3,6-8,10-11,13H2,(H,29,32)(H,27,28,33). The Labute approximate surface area is 206 Å². The molecule has 2 fully saturated rings. The maximum Gasteiger partial charge on any atom is 0.269 e. The first-order chi connectivity index (χ1) is 16.5. The van der Waals surface area contributed by atoms with Gasteiger partial charge in [-0.3, -0.25) is 14.4 Å². The lowest BCUT2D eigenvalue weighted by atomic mass is 9.84. The van der Waals surface area contributed by atoms with Crippen LogP contribution in [0.3, 0.4) is 0 Å². The Morgan fingerprint density at radius 3 is 2.56 bits per heavy atom. The highest BCUT2D eigenvalue weighted by Crippen LogP contribution is 2.38. The Morgan fingerprint density at radius 2 is 1.85 bits per heavy atom. The summed E-state index contributed by atoms with van der Waals surface area (Å²) in [5.41, 5.74) is 0.536. The molecular weight excluding hydrogens is 472 g/mol. The van der Waals surface area contributed by atoms with E-state index >= 15 is 0 Å². The fraction of sp³-hybridized carbons (Fsp3) is 0.360. The molecule has 2 N–H and O–H groups in total. The highest BCUT2D eigenvalue weighted by atomic mass is 35.5. The van der Waals surface area contributed by atoms with Crippen LogP contribution in [0.2, 0.25) is 5.02 Å². The summed E-state index contributed by atoms with van der Waals surface area (Å²) in [5, 5.41) is 7.18. The molecule has 5 rings (SSSR count). The molecule has 1 aliphatic carbocycles. The second-order valence-corrected chi connectivity index (χ2v) is 10.3. The molecule has 34 heavy (non-hydrogen) atoms. The van der Waals surface area contributed by atoms with Gasteiger partial charge in [-0.1, -0.05) is 29.8 Å². The zero-order valence-electron chi connectivity index (χ0n) is 18.6. The molecule has 0 bridgehead atoms. The molecule has 0 unspecified atom stereocenters. The Hall–Kier alpha value is -2.97. The minimum atomic E-state index is -0.331. The van der Waals surface area contributed by atoms with Crippen LogP contribution >= 0.6 is 22.9 Å². The Kier molecular flexibility index (Phi) is 6.52. The third-order valence-corrected chi connectivity index (χ3v) is 8.03. The largest absolute Gasteiger partial charge is 0.340 e. The van der Waals surface area contributed by atoms with Gasteiger partial charge in [-0.15, -0.1) is 11.3 Å². The van der Waals surface area contributed by atoms with E-state index in [4.69, 9.17) is 11.6 Å². The molecular formula is C25H25ClN4O3S. The van der Waals surface area contributed by atoms with Crippen LogP contribution in [0.15, 0.2) is 42.6 Å². The van der Waals surface area contributed by atoms with Crippen LogP contribution in [0.4, 0.5) is 11.5 Å². The third-order valence-electron chi connectivity index (χ3n) is 6.64. The van der Waals surface area contributed by atoms with Gasteiger partial charge in [0.25, 0.3) is 5.91 Å². The topological polar surface area (TPSA) is 91.4 Å². The zero-order chi connectivity index (χ0) is 23.7. The molecule has 1 saturated heterocycles. The number of carbonyl (C=O) groups is 3.